The van der Waals surface area contributed by atoms with E-state index in [1.807, 2.05) is 37.3 Å². The minimum atomic E-state index is 0.192. The number of halogens is 2. The molecule has 1 heterocycles. The zero-order chi connectivity index (χ0) is 13.8. The van der Waals surface area contributed by atoms with E-state index in [-0.39, 0.29) is 6.04 Å². The largest absolute Gasteiger partial charge is 0.376 e. The molecule has 0 saturated heterocycles. The van der Waals surface area contributed by atoms with Crippen molar-refractivity contribution in [2.24, 2.45) is 0 Å². The van der Waals surface area contributed by atoms with Crippen molar-refractivity contribution in [3.63, 3.8) is 0 Å². The number of benzene rings is 1. The van der Waals surface area contributed by atoms with Crippen molar-refractivity contribution in [1.82, 2.24) is 4.98 Å². The number of aromatic nitrogens is 1. The average molecular weight is 295 g/mol. The molecular weight excluding hydrogens is 279 g/mol. The molecule has 19 heavy (non-hydrogen) atoms. The lowest BCUT2D eigenvalue weighted by atomic mass is 10.0. The second kappa shape index (κ2) is 6.27. The number of nitrogens with one attached hydrogen (secondary N) is 1. The van der Waals surface area contributed by atoms with Gasteiger partial charge in [-0.3, -0.25) is 0 Å². The first-order valence-corrected chi connectivity index (χ1v) is 7.00. The monoisotopic (exact) mass is 294 g/mol. The van der Waals surface area contributed by atoms with Gasteiger partial charge < -0.3 is 5.32 Å². The molecule has 2 nitrogen and oxygen atoms in total. The highest BCUT2D eigenvalue weighted by Gasteiger charge is 2.13. The molecule has 1 aromatic carbocycles. The first kappa shape index (κ1) is 14.2. The van der Waals surface area contributed by atoms with Crippen molar-refractivity contribution in [3.05, 3.63) is 57.8 Å². The van der Waals surface area contributed by atoms with E-state index in [0.717, 1.165) is 22.7 Å². The Morgan fingerprint density at radius 1 is 1.16 bits per heavy atom. The lowest BCUT2D eigenvalue weighted by Crippen LogP contribution is -2.11. The SMILES string of the molecule is CCC(Nc1c(C)ccnc1Cl)c1ccc(Cl)cc1. The molecule has 2 rings (SSSR count). The molecule has 0 amide bonds. The van der Waals surface area contributed by atoms with Crippen molar-refractivity contribution >= 4 is 28.9 Å². The summed E-state index contributed by atoms with van der Waals surface area (Å²) in [7, 11) is 0. The summed E-state index contributed by atoms with van der Waals surface area (Å²) < 4.78 is 0. The smallest absolute Gasteiger partial charge is 0.152 e. The van der Waals surface area contributed by atoms with E-state index in [2.05, 4.69) is 17.2 Å². The van der Waals surface area contributed by atoms with Gasteiger partial charge in [0.2, 0.25) is 0 Å². The maximum atomic E-state index is 6.15. The Hall–Kier alpha value is -1.25. The van der Waals surface area contributed by atoms with Crippen molar-refractivity contribution < 1.29 is 0 Å². The predicted molar refractivity (Wildman–Crippen MR) is 82.1 cm³/mol. The van der Waals surface area contributed by atoms with Gasteiger partial charge >= 0.3 is 0 Å². The summed E-state index contributed by atoms with van der Waals surface area (Å²) in [6.07, 6.45) is 2.67. The lowest BCUT2D eigenvalue weighted by molar-refractivity contribution is 0.748. The molecule has 0 aliphatic rings. The standard InChI is InChI=1S/C15H16Cl2N2/c1-3-13(11-4-6-12(16)7-5-11)19-14-10(2)8-9-18-15(14)17/h4-9,13,19H,3H2,1-2H3. The average Bonchev–Trinajstić information content (AvgIpc) is 2.40. The molecule has 1 N–H and O–H groups in total. The van der Waals surface area contributed by atoms with Crippen LogP contribution in [0.15, 0.2) is 36.5 Å². The van der Waals surface area contributed by atoms with E-state index >= 15 is 0 Å². The molecule has 0 saturated carbocycles. The molecule has 0 bridgehead atoms. The molecule has 0 aliphatic heterocycles. The summed E-state index contributed by atoms with van der Waals surface area (Å²) in [6, 6.07) is 10.0. The molecule has 100 valence electrons. The van der Waals surface area contributed by atoms with Gasteiger partial charge in [0.25, 0.3) is 0 Å². The highest BCUT2D eigenvalue weighted by Crippen LogP contribution is 2.29. The Kier molecular flexibility index (Phi) is 4.67. The third-order valence-electron chi connectivity index (χ3n) is 3.11. The Morgan fingerprint density at radius 3 is 2.42 bits per heavy atom. The number of nitrogens with zero attached hydrogens (tertiary/aromatic N) is 1. The van der Waals surface area contributed by atoms with Crippen LogP contribution in [0.4, 0.5) is 5.69 Å². The van der Waals surface area contributed by atoms with Gasteiger partial charge in [-0.2, -0.15) is 0 Å². The fourth-order valence-corrected chi connectivity index (χ4v) is 2.37. The second-order valence-electron chi connectivity index (χ2n) is 4.45. The summed E-state index contributed by atoms with van der Waals surface area (Å²) in [6.45, 7) is 4.15. The highest BCUT2D eigenvalue weighted by atomic mass is 35.5. The minimum absolute atomic E-state index is 0.192. The molecule has 0 aliphatic carbocycles. The fraction of sp³-hybridized carbons (Fsp3) is 0.267. The Balaban J connectivity index is 2.26. The van der Waals surface area contributed by atoms with E-state index in [4.69, 9.17) is 23.2 Å². The summed E-state index contributed by atoms with van der Waals surface area (Å²) in [5.41, 5.74) is 3.17. The van der Waals surface area contributed by atoms with Crippen LogP contribution in [0, 0.1) is 6.92 Å². The molecule has 0 spiro atoms. The topological polar surface area (TPSA) is 24.9 Å². The van der Waals surface area contributed by atoms with Crippen LogP contribution in [0.1, 0.15) is 30.5 Å². The molecule has 0 fully saturated rings. The third kappa shape index (κ3) is 3.40. The summed E-state index contributed by atoms with van der Waals surface area (Å²) >= 11 is 12.1. The van der Waals surface area contributed by atoms with Crippen LogP contribution in [-0.2, 0) is 0 Å². The van der Waals surface area contributed by atoms with Crippen LogP contribution in [-0.4, -0.2) is 4.98 Å². The maximum Gasteiger partial charge on any atom is 0.152 e. The van der Waals surface area contributed by atoms with E-state index in [1.165, 1.54) is 5.56 Å². The van der Waals surface area contributed by atoms with Crippen LogP contribution < -0.4 is 5.32 Å². The molecule has 2 aromatic rings. The van der Waals surface area contributed by atoms with Crippen LogP contribution in [0.2, 0.25) is 10.2 Å². The van der Waals surface area contributed by atoms with Crippen LogP contribution in [0.25, 0.3) is 0 Å². The van der Waals surface area contributed by atoms with Crippen molar-refractivity contribution in [2.45, 2.75) is 26.3 Å². The number of anilines is 1. The maximum absolute atomic E-state index is 6.15. The summed E-state index contributed by atoms with van der Waals surface area (Å²) in [5.74, 6) is 0. The number of pyridine rings is 1. The molecule has 1 atom stereocenters. The summed E-state index contributed by atoms with van der Waals surface area (Å²) in [5, 5.41) is 4.71. The zero-order valence-corrected chi connectivity index (χ0v) is 12.5. The van der Waals surface area contributed by atoms with Gasteiger partial charge in [-0.15, -0.1) is 0 Å². The molecule has 0 radical (unpaired) electrons. The van der Waals surface area contributed by atoms with E-state index in [9.17, 15) is 0 Å². The van der Waals surface area contributed by atoms with Gasteiger partial charge in [0.05, 0.1) is 11.7 Å². The van der Waals surface area contributed by atoms with Gasteiger partial charge in [0, 0.05) is 11.2 Å². The minimum Gasteiger partial charge on any atom is -0.376 e. The van der Waals surface area contributed by atoms with Gasteiger partial charge in [-0.05, 0) is 42.7 Å². The van der Waals surface area contributed by atoms with Crippen molar-refractivity contribution in [1.29, 1.82) is 0 Å². The molecular formula is C15H16Cl2N2. The van der Waals surface area contributed by atoms with E-state index in [0.29, 0.717) is 5.15 Å². The molecule has 4 heteroatoms. The third-order valence-corrected chi connectivity index (χ3v) is 3.65. The van der Waals surface area contributed by atoms with Crippen molar-refractivity contribution in [2.75, 3.05) is 5.32 Å². The predicted octanol–water partition coefficient (Wildman–Crippen LogP) is 5.26. The summed E-state index contributed by atoms with van der Waals surface area (Å²) in [4.78, 5) is 4.12. The van der Waals surface area contributed by atoms with Crippen LogP contribution in [0.3, 0.4) is 0 Å². The molecule has 1 aromatic heterocycles. The van der Waals surface area contributed by atoms with Crippen LogP contribution >= 0.6 is 23.2 Å². The van der Waals surface area contributed by atoms with Gasteiger partial charge in [0.1, 0.15) is 0 Å². The Morgan fingerprint density at radius 2 is 1.84 bits per heavy atom. The van der Waals surface area contributed by atoms with Crippen LogP contribution in [0.5, 0.6) is 0 Å². The number of hydrogen-bond donors (Lipinski definition) is 1. The van der Waals surface area contributed by atoms with E-state index in [1.54, 1.807) is 6.20 Å². The van der Waals surface area contributed by atoms with Gasteiger partial charge in [-0.25, -0.2) is 4.98 Å². The normalized spacial score (nSPS) is 12.2. The Bertz CT molecular complexity index is 532. The first-order chi connectivity index (χ1) is 9.11. The lowest BCUT2D eigenvalue weighted by Gasteiger charge is -2.20. The number of hydrogen-bond acceptors (Lipinski definition) is 2. The second-order valence-corrected chi connectivity index (χ2v) is 5.24. The highest BCUT2D eigenvalue weighted by molar-refractivity contribution is 6.32. The van der Waals surface area contributed by atoms with E-state index < -0.39 is 0 Å². The number of rotatable bonds is 4. The Labute approximate surface area is 123 Å². The fourth-order valence-electron chi connectivity index (χ4n) is 1.99. The zero-order valence-electron chi connectivity index (χ0n) is 11.0. The van der Waals surface area contributed by atoms with Crippen molar-refractivity contribution in [3.8, 4) is 0 Å². The van der Waals surface area contributed by atoms with Gasteiger partial charge in [0.15, 0.2) is 5.15 Å². The van der Waals surface area contributed by atoms with Gasteiger partial charge in [-0.1, -0.05) is 42.3 Å². The number of aryl methyl sites for hydroxylation is 1. The first-order valence-electron chi connectivity index (χ1n) is 6.25. The molecule has 1 unspecified atom stereocenters. The quantitative estimate of drug-likeness (QED) is 0.778.